The van der Waals surface area contributed by atoms with Crippen LogP contribution in [0.2, 0.25) is 0 Å². The van der Waals surface area contributed by atoms with E-state index in [0.29, 0.717) is 28.4 Å². The number of hydrogen-bond donors (Lipinski definition) is 1. The van der Waals surface area contributed by atoms with Crippen molar-refractivity contribution in [2.75, 3.05) is 5.32 Å². The summed E-state index contributed by atoms with van der Waals surface area (Å²) in [7, 11) is 0. The Morgan fingerprint density at radius 3 is 2.62 bits per heavy atom. The third-order valence-electron chi connectivity index (χ3n) is 4.70. The Morgan fingerprint density at radius 1 is 1.03 bits per heavy atom. The molecule has 1 N–H and O–H groups in total. The largest absolute Gasteiger partial charge is 0.449 e. The van der Waals surface area contributed by atoms with Crippen molar-refractivity contribution in [1.82, 2.24) is 24.7 Å². The number of nitrogens with zero attached hydrogens (tertiary/aromatic N) is 5. The van der Waals surface area contributed by atoms with Gasteiger partial charge >= 0.3 is 6.09 Å². The van der Waals surface area contributed by atoms with Gasteiger partial charge in [-0.25, -0.2) is 14.8 Å². The number of hydrogen-bond acceptors (Lipinski definition) is 8. The molecule has 0 aliphatic heterocycles. The normalized spacial score (nSPS) is 11.7. The van der Waals surface area contributed by atoms with Gasteiger partial charge in [0, 0.05) is 35.1 Å². The molecule has 1 aromatic carbocycles. The summed E-state index contributed by atoms with van der Waals surface area (Å²) in [5.41, 5.74) is 2.05. The standard InChI is InChI=1S/C23H20N6O3/c1-23(2,3)32-22(30)29-17-7-4-6-16(15(17)12-27-29)28-19-14-8-11-24-13-18(14)31-20(19)21-25-9-5-10-26-21/h4-13,28H,1-3H3. The van der Waals surface area contributed by atoms with E-state index in [1.54, 1.807) is 37.1 Å². The third-order valence-corrected chi connectivity index (χ3v) is 4.70. The van der Waals surface area contributed by atoms with E-state index in [-0.39, 0.29) is 0 Å². The fraction of sp³-hybridized carbons (Fsp3) is 0.174. The van der Waals surface area contributed by atoms with Crippen molar-refractivity contribution < 1.29 is 13.9 Å². The second kappa shape index (κ2) is 7.45. The second-order valence-electron chi connectivity index (χ2n) is 8.15. The minimum atomic E-state index is -0.625. The Labute approximate surface area is 183 Å². The number of rotatable bonds is 3. The number of pyridine rings is 1. The van der Waals surface area contributed by atoms with Crippen molar-refractivity contribution in [2.24, 2.45) is 0 Å². The molecule has 4 heterocycles. The fourth-order valence-electron chi connectivity index (χ4n) is 3.39. The molecular formula is C23H20N6O3. The summed E-state index contributed by atoms with van der Waals surface area (Å²) in [5, 5.41) is 9.27. The van der Waals surface area contributed by atoms with Gasteiger partial charge in [-0.2, -0.15) is 9.78 Å². The number of ether oxygens (including phenoxy) is 1. The molecule has 0 unspecified atom stereocenters. The topological polar surface area (TPSA) is 108 Å². The lowest BCUT2D eigenvalue weighted by Gasteiger charge is -2.19. The van der Waals surface area contributed by atoms with E-state index in [9.17, 15) is 4.79 Å². The maximum Gasteiger partial charge on any atom is 0.435 e. The van der Waals surface area contributed by atoms with E-state index in [4.69, 9.17) is 9.15 Å². The first-order chi connectivity index (χ1) is 15.4. The van der Waals surface area contributed by atoms with Crippen LogP contribution in [0.1, 0.15) is 20.8 Å². The molecule has 0 bridgehead atoms. The Balaban J connectivity index is 1.61. The number of furan rings is 1. The highest BCUT2D eigenvalue weighted by Crippen LogP contribution is 2.39. The highest BCUT2D eigenvalue weighted by atomic mass is 16.6. The lowest BCUT2D eigenvalue weighted by molar-refractivity contribution is 0.0522. The number of fused-ring (bicyclic) bond motifs is 2. The number of benzene rings is 1. The second-order valence-corrected chi connectivity index (χ2v) is 8.15. The number of carbonyl (C=O) groups excluding carboxylic acids is 1. The molecule has 0 aliphatic rings. The molecule has 160 valence electrons. The van der Waals surface area contributed by atoms with Gasteiger partial charge in [0.25, 0.3) is 0 Å². The van der Waals surface area contributed by atoms with Crippen LogP contribution in [0, 0.1) is 0 Å². The van der Waals surface area contributed by atoms with Crippen molar-refractivity contribution in [3.8, 4) is 11.6 Å². The Bertz CT molecular complexity index is 1430. The van der Waals surface area contributed by atoms with Gasteiger partial charge in [-0.3, -0.25) is 4.98 Å². The van der Waals surface area contributed by atoms with Crippen LogP contribution in [0.15, 0.2) is 65.7 Å². The fourth-order valence-corrected chi connectivity index (χ4v) is 3.39. The summed E-state index contributed by atoms with van der Waals surface area (Å²) in [6.45, 7) is 5.45. The van der Waals surface area contributed by atoms with Gasteiger partial charge in [0.1, 0.15) is 5.60 Å². The van der Waals surface area contributed by atoms with E-state index in [0.717, 1.165) is 16.5 Å². The van der Waals surface area contributed by atoms with Gasteiger partial charge < -0.3 is 14.5 Å². The molecule has 5 aromatic rings. The minimum absolute atomic E-state index is 0.447. The Morgan fingerprint density at radius 2 is 1.84 bits per heavy atom. The van der Waals surface area contributed by atoms with Crippen LogP contribution in [-0.4, -0.2) is 36.4 Å². The monoisotopic (exact) mass is 428 g/mol. The molecule has 0 saturated carbocycles. The summed E-state index contributed by atoms with van der Waals surface area (Å²) in [6.07, 6.45) is 7.74. The van der Waals surface area contributed by atoms with Gasteiger partial charge in [0.15, 0.2) is 17.2 Å². The number of aromatic nitrogens is 5. The predicted molar refractivity (Wildman–Crippen MR) is 120 cm³/mol. The lowest BCUT2D eigenvalue weighted by Crippen LogP contribution is -2.27. The van der Waals surface area contributed by atoms with E-state index in [1.807, 2.05) is 45.0 Å². The number of nitrogens with one attached hydrogen (secondary N) is 1. The molecule has 0 saturated heterocycles. The summed E-state index contributed by atoms with van der Waals surface area (Å²) in [6, 6.07) is 9.16. The van der Waals surface area contributed by atoms with Crippen LogP contribution >= 0.6 is 0 Å². The minimum Gasteiger partial charge on any atom is -0.449 e. The molecule has 0 aliphatic carbocycles. The van der Waals surface area contributed by atoms with Gasteiger partial charge in [0.05, 0.1) is 23.6 Å². The molecule has 0 amide bonds. The lowest BCUT2D eigenvalue weighted by atomic mass is 10.2. The molecule has 0 spiro atoms. The van der Waals surface area contributed by atoms with Crippen LogP contribution in [0.5, 0.6) is 0 Å². The number of anilines is 2. The maximum absolute atomic E-state index is 12.6. The molecule has 0 atom stereocenters. The van der Waals surface area contributed by atoms with Gasteiger partial charge in [-0.1, -0.05) is 6.07 Å². The van der Waals surface area contributed by atoms with Crippen LogP contribution in [-0.2, 0) is 4.74 Å². The van der Waals surface area contributed by atoms with Crippen molar-refractivity contribution in [3.63, 3.8) is 0 Å². The van der Waals surface area contributed by atoms with Gasteiger partial charge in [-0.15, -0.1) is 0 Å². The third kappa shape index (κ3) is 3.53. The predicted octanol–water partition coefficient (Wildman–Crippen LogP) is 5.16. The summed E-state index contributed by atoms with van der Waals surface area (Å²) in [5.74, 6) is 0.938. The van der Waals surface area contributed by atoms with Crippen molar-refractivity contribution in [3.05, 3.63) is 61.3 Å². The first kappa shape index (κ1) is 19.7. The quantitative estimate of drug-likeness (QED) is 0.420. The van der Waals surface area contributed by atoms with E-state index >= 15 is 0 Å². The number of carbonyl (C=O) groups is 1. The van der Waals surface area contributed by atoms with E-state index in [2.05, 4.69) is 25.4 Å². The zero-order chi connectivity index (χ0) is 22.3. The Hall–Kier alpha value is -4.27. The zero-order valence-electron chi connectivity index (χ0n) is 17.7. The van der Waals surface area contributed by atoms with Crippen molar-refractivity contribution in [1.29, 1.82) is 0 Å². The van der Waals surface area contributed by atoms with E-state index < -0.39 is 11.7 Å². The summed E-state index contributed by atoms with van der Waals surface area (Å²) < 4.78 is 12.8. The van der Waals surface area contributed by atoms with Crippen molar-refractivity contribution >= 4 is 39.3 Å². The zero-order valence-corrected chi connectivity index (χ0v) is 17.7. The van der Waals surface area contributed by atoms with E-state index in [1.165, 1.54) is 4.68 Å². The highest BCUT2D eigenvalue weighted by molar-refractivity contribution is 6.03. The first-order valence-electron chi connectivity index (χ1n) is 10.0. The average molecular weight is 428 g/mol. The first-order valence-corrected chi connectivity index (χ1v) is 10.0. The summed E-state index contributed by atoms with van der Waals surface area (Å²) >= 11 is 0. The van der Waals surface area contributed by atoms with Crippen LogP contribution in [0.4, 0.5) is 16.2 Å². The molecule has 9 nitrogen and oxygen atoms in total. The summed E-state index contributed by atoms with van der Waals surface area (Å²) in [4.78, 5) is 25.4. The van der Waals surface area contributed by atoms with Crippen LogP contribution < -0.4 is 5.32 Å². The molecule has 9 heteroatoms. The SMILES string of the molecule is CC(C)(C)OC(=O)n1ncc2c(Nc3c(-c4ncccn4)oc4cnccc34)cccc21. The highest BCUT2D eigenvalue weighted by Gasteiger charge is 2.22. The Kier molecular flexibility index (Phi) is 4.58. The van der Waals surface area contributed by atoms with Gasteiger partial charge in [0.2, 0.25) is 0 Å². The average Bonchev–Trinajstić information content (AvgIpc) is 3.36. The molecule has 0 fully saturated rings. The maximum atomic E-state index is 12.6. The van der Waals surface area contributed by atoms with Crippen LogP contribution in [0.25, 0.3) is 33.5 Å². The van der Waals surface area contributed by atoms with Crippen molar-refractivity contribution in [2.45, 2.75) is 26.4 Å². The molecular weight excluding hydrogens is 408 g/mol. The molecule has 4 aromatic heterocycles. The molecule has 32 heavy (non-hydrogen) atoms. The smallest absolute Gasteiger partial charge is 0.435 e. The molecule has 0 radical (unpaired) electrons. The van der Waals surface area contributed by atoms with Crippen LogP contribution in [0.3, 0.4) is 0 Å². The van der Waals surface area contributed by atoms with Gasteiger partial charge in [-0.05, 0) is 45.0 Å². The molecule has 5 rings (SSSR count).